The number of hydrogen-bond acceptors (Lipinski definition) is 4. The predicted molar refractivity (Wildman–Crippen MR) is 138 cm³/mol. The topological polar surface area (TPSA) is 29.1 Å². The van der Waals surface area contributed by atoms with E-state index < -0.39 is 11.7 Å². The van der Waals surface area contributed by atoms with Crippen molar-refractivity contribution in [3.05, 3.63) is 109 Å². The highest BCUT2D eigenvalue weighted by atomic mass is 32.2. The zero-order valence-electron chi connectivity index (χ0n) is 19.6. The Labute approximate surface area is 214 Å². The van der Waals surface area contributed by atoms with E-state index in [-0.39, 0.29) is 10.5 Å². The first-order valence-corrected chi connectivity index (χ1v) is 13.0. The molecule has 0 atom stereocenters. The summed E-state index contributed by atoms with van der Waals surface area (Å²) in [6.07, 6.45) is -0.505. The van der Waals surface area contributed by atoms with Gasteiger partial charge < -0.3 is 4.90 Å². The lowest BCUT2D eigenvalue weighted by molar-refractivity contribution is -0.690. The molecule has 0 N–H and O–H groups in total. The van der Waals surface area contributed by atoms with Crippen molar-refractivity contribution >= 4 is 39.9 Å². The molecule has 1 aliphatic heterocycles. The van der Waals surface area contributed by atoms with Crippen LogP contribution in [0.3, 0.4) is 0 Å². The Bertz CT molecular complexity index is 1610. The summed E-state index contributed by atoms with van der Waals surface area (Å²) in [5, 5.41) is 0.517. The number of anilines is 1. The number of benzene rings is 2. The average molecular weight is 527 g/mol. The maximum Gasteiger partial charge on any atom is 0.417 e. The number of pyridine rings is 1. The zero-order valence-corrected chi connectivity index (χ0v) is 21.3. The third kappa shape index (κ3) is 4.49. The summed E-state index contributed by atoms with van der Waals surface area (Å²) >= 11 is 2.32. The first kappa shape index (κ1) is 24.4. The van der Waals surface area contributed by atoms with Gasteiger partial charge in [-0.2, -0.15) is 17.7 Å². The van der Waals surface area contributed by atoms with Crippen molar-refractivity contribution in [3.63, 3.8) is 0 Å². The van der Waals surface area contributed by atoms with Gasteiger partial charge in [-0.05, 0) is 25.1 Å². The van der Waals surface area contributed by atoms with Crippen LogP contribution in [0.1, 0.15) is 23.7 Å². The number of halogens is 3. The molecule has 0 saturated heterocycles. The van der Waals surface area contributed by atoms with Gasteiger partial charge in [0.15, 0.2) is 12.7 Å². The summed E-state index contributed by atoms with van der Waals surface area (Å²) in [6, 6.07) is 20.1. The van der Waals surface area contributed by atoms with E-state index in [9.17, 15) is 18.0 Å². The van der Waals surface area contributed by atoms with Crippen LogP contribution >= 0.6 is 23.1 Å². The lowest BCUT2D eigenvalue weighted by atomic mass is 10.2. The van der Waals surface area contributed by atoms with Gasteiger partial charge in [-0.15, -0.1) is 11.3 Å². The smallest absolute Gasteiger partial charge is 0.337 e. The SMILES string of the molecule is CCn1c(=O)/c(=C2\Sc3c(cccc3C(F)(F)F)N2C)s/c1=C\c1cccc[n+]1Cc1ccccc1. The third-order valence-corrected chi connectivity index (χ3v) is 8.58. The van der Waals surface area contributed by atoms with Crippen molar-refractivity contribution in [2.45, 2.75) is 31.1 Å². The van der Waals surface area contributed by atoms with Crippen LogP contribution in [0.25, 0.3) is 11.1 Å². The molecule has 0 bridgehead atoms. The summed E-state index contributed by atoms with van der Waals surface area (Å²) in [7, 11) is 1.71. The molecule has 0 amide bonds. The Morgan fingerprint density at radius 3 is 2.47 bits per heavy atom. The molecule has 36 heavy (non-hydrogen) atoms. The average Bonchev–Trinajstić information content (AvgIpc) is 3.36. The number of thiazole rings is 1. The van der Waals surface area contributed by atoms with Crippen LogP contribution in [0, 0.1) is 0 Å². The van der Waals surface area contributed by atoms with Crippen molar-refractivity contribution in [1.29, 1.82) is 0 Å². The minimum absolute atomic E-state index is 0.132. The first-order chi connectivity index (χ1) is 17.3. The summed E-state index contributed by atoms with van der Waals surface area (Å²) < 4.78 is 45.8. The number of rotatable bonds is 4. The summed E-state index contributed by atoms with van der Waals surface area (Å²) in [5.41, 5.74) is 1.65. The lowest BCUT2D eigenvalue weighted by Crippen LogP contribution is -2.38. The highest BCUT2D eigenvalue weighted by molar-refractivity contribution is 8.08. The molecule has 1 aliphatic rings. The van der Waals surface area contributed by atoms with Crippen LogP contribution in [-0.2, 0) is 19.3 Å². The van der Waals surface area contributed by atoms with Crippen LogP contribution in [0.4, 0.5) is 18.9 Å². The van der Waals surface area contributed by atoms with Gasteiger partial charge >= 0.3 is 6.18 Å². The maximum absolute atomic E-state index is 13.6. The summed E-state index contributed by atoms with van der Waals surface area (Å²) in [6.45, 7) is 3.02. The van der Waals surface area contributed by atoms with Crippen molar-refractivity contribution in [1.82, 2.24) is 4.57 Å². The van der Waals surface area contributed by atoms with Gasteiger partial charge in [-0.1, -0.05) is 48.2 Å². The molecule has 2 aromatic heterocycles. The van der Waals surface area contributed by atoms with Crippen molar-refractivity contribution < 1.29 is 17.7 Å². The van der Waals surface area contributed by atoms with E-state index >= 15 is 0 Å². The molecule has 4 aromatic rings. The molecule has 0 aliphatic carbocycles. The van der Waals surface area contributed by atoms with Gasteiger partial charge in [0.2, 0.25) is 5.69 Å². The second kappa shape index (κ2) is 9.63. The zero-order chi connectivity index (χ0) is 25.4. The van der Waals surface area contributed by atoms with Crippen LogP contribution < -0.4 is 24.2 Å². The molecule has 0 radical (unpaired) electrons. The Kier molecular flexibility index (Phi) is 6.53. The highest BCUT2D eigenvalue weighted by Crippen LogP contribution is 2.50. The first-order valence-electron chi connectivity index (χ1n) is 11.4. The van der Waals surface area contributed by atoms with Gasteiger partial charge in [0.1, 0.15) is 14.2 Å². The number of fused-ring (bicyclic) bond motifs is 1. The van der Waals surface area contributed by atoms with E-state index in [2.05, 4.69) is 16.7 Å². The van der Waals surface area contributed by atoms with Gasteiger partial charge in [0.25, 0.3) is 5.56 Å². The second-order valence-electron chi connectivity index (χ2n) is 8.32. The fraction of sp³-hybridized carbons (Fsp3) is 0.185. The van der Waals surface area contributed by atoms with E-state index in [4.69, 9.17) is 0 Å². The Hall–Kier alpha value is -3.30. The Morgan fingerprint density at radius 1 is 1.00 bits per heavy atom. The summed E-state index contributed by atoms with van der Waals surface area (Å²) in [5.74, 6) is 0. The fourth-order valence-corrected chi connectivity index (χ4v) is 6.83. The quantitative estimate of drug-likeness (QED) is 0.369. The van der Waals surface area contributed by atoms with Crippen LogP contribution in [0.5, 0.6) is 0 Å². The minimum atomic E-state index is -4.47. The van der Waals surface area contributed by atoms with E-state index in [1.165, 1.54) is 17.4 Å². The molecule has 5 rings (SSSR count). The molecule has 184 valence electrons. The van der Waals surface area contributed by atoms with Crippen molar-refractivity contribution in [3.8, 4) is 0 Å². The molecule has 0 saturated carbocycles. The lowest BCUT2D eigenvalue weighted by Gasteiger charge is -2.13. The highest BCUT2D eigenvalue weighted by Gasteiger charge is 2.38. The van der Waals surface area contributed by atoms with Gasteiger partial charge in [-0.3, -0.25) is 9.36 Å². The number of alkyl halides is 3. The molecular weight excluding hydrogens is 503 g/mol. The molecule has 9 heteroatoms. The third-order valence-electron chi connectivity index (χ3n) is 6.03. The molecule has 0 fully saturated rings. The van der Waals surface area contributed by atoms with E-state index in [1.54, 1.807) is 22.6 Å². The van der Waals surface area contributed by atoms with E-state index in [0.717, 1.165) is 33.7 Å². The van der Waals surface area contributed by atoms with Gasteiger partial charge in [0.05, 0.1) is 11.3 Å². The Balaban J connectivity index is 1.64. The van der Waals surface area contributed by atoms with Crippen LogP contribution in [0.15, 0.2) is 82.6 Å². The standard InChI is InChI=1S/C27H23F3N3OS2/c1-3-33-22(16-19-12-7-8-15-32(19)17-18-10-5-4-6-11-18)35-24(25(33)34)26-31(2)21-14-9-13-20(23(21)36-26)27(28,29)30/h4-16H,3,17H2,1-2H3/q+1/b26-24+. The number of nitrogens with zero attached hydrogens (tertiary/aromatic N) is 3. The largest absolute Gasteiger partial charge is 0.417 e. The van der Waals surface area contributed by atoms with Crippen molar-refractivity contribution in [2.75, 3.05) is 11.9 Å². The number of hydrogen-bond donors (Lipinski definition) is 0. The Morgan fingerprint density at radius 2 is 1.75 bits per heavy atom. The summed E-state index contributed by atoms with van der Waals surface area (Å²) in [4.78, 5) is 15.2. The van der Waals surface area contributed by atoms with Crippen molar-refractivity contribution in [2.24, 2.45) is 0 Å². The molecule has 2 aromatic carbocycles. The van der Waals surface area contributed by atoms with Crippen LogP contribution in [0.2, 0.25) is 0 Å². The minimum Gasteiger partial charge on any atom is -0.337 e. The second-order valence-corrected chi connectivity index (χ2v) is 10.3. The molecule has 0 spiro atoms. The molecule has 0 unspecified atom stereocenters. The normalized spacial score (nSPS) is 15.5. The van der Waals surface area contributed by atoms with Crippen LogP contribution in [-0.4, -0.2) is 11.6 Å². The molecular formula is C27H23F3N3OS2+. The van der Waals surface area contributed by atoms with Gasteiger partial charge in [0, 0.05) is 42.3 Å². The predicted octanol–water partition coefficient (Wildman–Crippen LogP) is 4.42. The monoisotopic (exact) mass is 526 g/mol. The van der Waals surface area contributed by atoms with E-state index in [1.807, 2.05) is 55.6 Å². The number of thioether (sulfide) groups is 1. The molecule has 4 nitrogen and oxygen atoms in total. The maximum atomic E-state index is 13.6. The number of aromatic nitrogens is 2. The van der Waals surface area contributed by atoms with E-state index in [0.29, 0.717) is 28.3 Å². The molecule has 3 heterocycles. The van der Waals surface area contributed by atoms with Gasteiger partial charge in [-0.25, -0.2) is 0 Å². The fourth-order valence-electron chi connectivity index (χ4n) is 4.23.